The van der Waals surface area contributed by atoms with Gasteiger partial charge in [0.05, 0.1) is 16.5 Å². The van der Waals surface area contributed by atoms with E-state index in [0.717, 1.165) is 25.9 Å². The van der Waals surface area contributed by atoms with E-state index in [0.29, 0.717) is 27.6 Å². The number of piperidine rings is 1. The topological polar surface area (TPSA) is 73.8 Å². The highest BCUT2D eigenvalue weighted by Gasteiger charge is 2.32. The molecule has 6 nitrogen and oxygen atoms in total. The minimum Gasteiger partial charge on any atom is -0.343 e. The third kappa shape index (κ3) is 4.44. The molecule has 3 rings (SSSR count). The first kappa shape index (κ1) is 18.0. The first-order valence-corrected chi connectivity index (χ1v) is 9.06. The van der Waals surface area contributed by atoms with Gasteiger partial charge in [-0.25, -0.2) is 4.99 Å². The van der Waals surface area contributed by atoms with Crippen molar-refractivity contribution < 1.29 is 9.59 Å². The smallest absolute Gasteiger partial charge is 0.252 e. The van der Waals surface area contributed by atoms with Crippen LogP contribution in [0.15, 0.2) is 23.2 Å². The second-order valence-corrected chi connectivity index (χ2v) is 7.32. The number of hydrogen-bond acceptors (Lipinski definition) is 4. The van der Waals surface area contributed by atoms with Crippen molar-refractivity contribution in [2.75, 3.05) is 18.4 Å². The number of guanidine groups is 1. The van der Waals surface area contributed by atoms with Crippen LogP contribution in [-0.4, -0.2) is 41.8 Å². The zero-order valence-corrected chi connectivity index (χ0v) is 15.4. The van der Waals surface area contributed by atoms with Crippen molar-refractivity contribution >= 4 is 46.7 Å². The van der Waals surface area contributed by atoms with Crippen LogP contribution in [0.3, 0.4) is 0 Å². The molecule has 0 aromatic heterocycles. The number of anilines is 1. The van der Waals surface area contributed by atoms with Crippen molar-refractivity contribution in [1.29, 1.82) is 0 Å². The first-order valence-electron chi connectivity index (χ1n) is 8.31. The van der Waals surface area contributed by atoms with Gasteiger partial charge in [-0.15, -0.1) is 0 Å². The zero-order chi connectivity index (χ0) is 18.0. The summed E-state index contributed by atoms with van der Waals surface area (Å²) in [5.74, 6) is 0.750. The molecule has 2 N–H and O–H groups in total. The third-order valence-corrected chi connectivity index (χ3v) is 5.22. The predicted molar refractivity (Wildman–Crippen MR) is 99.0 cm³/mol. The molecule has 25 heavy (non-hydrogen) atoms. The van der Waals surface area contributed by atoms with Crippen molar-refractivity contribution in [1.82, 2.24) is 10.2 Å². The number of carbonyl (C=O) groups excluding carboxylic acids is 2. The normalized spacial score (nSPS) is 21.1. The maximum absolute atomic E-state index is 12.2. The second-order valence-electron chi connectivity index (χ2n) is 6.51. The quantitative estimate of drug-likeness (QED) is 0.843. The third-order valence-electron chi connectivity index (χ3n) is 4.48. The Labute approximate surface area is 156 Å². The molecule has 0 saturated carbocycles. The Kier molecular flexibility index (Phi) is 5.49. The summed E-state index contributed by atoms with van der Waals surface area (Å²) in [6, 6.07) is 4.14. The van der Waals surface area contributed by atoms with Crippen LogP contribution in [0.4, 0.5) is 5.69 Å². The summed E-state index contributed by atoms with van der Waals surface area (Å²) in [6.45, 7) is 3.98. The highest BCUT2D eigenvalue weighted by Crippen LogP contribution is 2.25. The lowest BCUT2D eigenvalue weighted by Gasteiger charge is -2.31. The van der Waals surface area contributed by atoms with Crippen molar-refractivity contribution in [3.05, 3.63) is 28.2 Å². The minimum absolute atomic E-state index is 0.0141. The number of nitrogens with one attached hydrogen (secondary N) is 2. The minimum atomic E-state index is -0.697. The van der Waals surface area contributed by atoms with Gasteiger partial charge in [-0.05, 0) is 37.0 Å². The Morgan fingerprint density at radius 2 is 2.04 bits per heavy atom. The molecule has 1 aromatic carbocycles. The molecule has 1 saturated heterocycles. The number of benzene rings is 1. The van der Waals surface area contributed by atoms with Crippen LogP contribution >= 0.6 is 23.2 Å². The molecule has 0 unspecified atom stereocenters. The summed E-state index contributed by atoms with van der Waals surface area (Å²) in [6.07, 6.45) is 2.15. The Hall–Kier alpha value is -1.79. The fourth-order valence-electron chi connectivity index (χ4n) is 2.91. The lowest BCUT2D eigenvalue weighted by molar-refractivity contribution is -0.124. The summed E-state index contributed by atoms with van der Waals surface area (Å²) in [5.41, 5.74) is 0.534. The van der Waals surface area contributed by atoms with Gasteiger partial charge in [0.25, 0.3) is 5.91 Å². The van der Waals surface area contributed by atoms with E-state index < -0.39 is 6.04 Å². The van der Waals surface area contributed by atoms with E-state index in [2.05, 4.69) is 27.4 Å². The van der Waals surface area contributed by atoms with Crippen molar-refractivity contribution in [3.8, 4) is 0 Å². The van der Waals surface area contributed by atoms with Gasteiger partial charge in [-0.2, -0.15) is 0 Å². The molecule has 0 spiro atoms. The summed E-state index contributed by atoms with van der Waals surface area (Å²) in [5, 5.41) is 6.28. The first-order chi connectivity index (χ1) is 11.9. The van der Waals surface area contributed by atoms with Gasteiger partial charge in [0.1, 0.15) is 6.04 Å². The summed E-state index contributed by atoms with van der Waals surface area (Å²) in [4.78, 5) is 30.8. The molecular weight excluding hydrogens is 363 g/mol. The lowest BCUT2D eigenvalue weighted by atomic mass is 10.00. The molecular formula is C17H20Cl2N4O2. The fraction of sp³-hybridized carbons (Fsp3) is 0.471. The highest BCUT2D eigenvalue weighted by molar-refractivity contribution is 6.42. The van der Waals surface area contributed by atoms with E-state index in [9.17, 15) is 9.59 Å². The standard InChI is InChI=1S/C17H20Cl2N4O2/c1-10-4-6-23(7-5-10)17-21-14(16(25)22-17)9-15(24)20-11-2-3-12(18)13(19)8-11/h2-3,8,10,14H,4-7,9H2,1H3,(H,20,24)(H,21,22,25)/t14-/m1/s1. The van der Waals surface area contributed by atoms with E-state index in [1.807, 2.05) is 0 Å². The maximum atomic E-state index is 12.2. The van der Waals surface area contributed by atoms with Gasteiger partial charge < -0.3 is 10.2 Å². The van der Waals surface area contributed by atoms with Crippen LogP contribution in [0.25, 0.3) is 0 Å². The average Bonchev–Trinajstić information content (AvgIpc) is 2.92. The molecule has 2 heterocycles. The van der Waals surface area contributed by atoms with Gasteiger partial charge >= 0.3 is 0 Å². The number of hydrogen-bond donors (Lipinski definition) is 2. The molecule has 2 amide bonds. The van der Waals surface area contributed by atoms with E-state index in [1.54, 1.807) is 18.2 Å². The van der Waals surface area contributed by atoms with Crippen LogP contribution in [0.1, 0.15) is 26.2 Å². The highest BCUT2D eigenvalue weighted by atomic mass is 35.5. The molecule has 1 aromatic rings. The molecule has 8 heteroatoms. The number of aliphatic imine (C=N–C) groups is 1. The monoisotopic (exact) mass is 382 g/mol. The molecule has 1 fully saturated rings. The number of likely N-dealkylation sites (tertiary alicyclic amines) is 1. The van der Waals surface area contributed by atoms with E-state index in [1.165, 1.54) is 0 Å². The van der Waals surface area contributed by atoms with Crippen LogP contribution in [0.5, 0.6) is 0 Å². The number of nitrogens with zero attached hydrogens (tertiary/aromatic N) is 2. The van der Waals surface area contributed by atoms with Crippen LogP contribution < -0.4 is 10.6 Å². The molecule has 0 bridgehead atoms. The van der Waals surface area contributed by atoms with E-state index in [-0.39, 0.29) is 18.2 Å². The Bertz CT molecular complexity index is 715. The van der Waals surface area contributed by atoms with Crippen molar-refractivity contribution in [2.45, 2.75) is 32.2 Å². The van der Waals surface area contributed by atoms with Gasteiger partial charge in [0.2, 0.25) is 11.9 Å². The van der Waals surface area contributed by atoms with E-state index in [4.69, 9.17) is 23.2 Å². The molecule has 2 aliphatic heterocycles. The van der Waals surface area contributed by atoms with Crippen LogP contribution in [0, 0.1) is 5.92 Å². The van der Waals surface area contributed by atoms with Crippen molar-refractivity contribution in [2.24, 2.45) is 10.9 Å². The second kappa shape index (κ2) is 7.62. The molecule has 2 aliphatic rings. The van der Waals surface area contributed by atoms with Crippen LogP contribution in [0.2, 0.25) is 10.0 Å². The number of amides is 2. The summed E-state index contributed by atoms with van der Waals surface area (Å²) >= 11 is 11.8. The lowest BCUT2D eigenvalue weighted by Crippen LogP contribution is -2.44. The molecule has 0 aliphatic carbocycles. The van der Waals surface area contributed by atoms with Crippen LogP contribution in [-0.2, 0) is 9.59 Å². The zero-order valence-electron chi connectivity index (χ0n) is 13.9. The van der Waals surface area contributed by atoms with Crippen molar-refractivity contribution in [3.63, 3.8) is 0 Å². The van der Waals surface area contributed by atoms with Gasteiger partial charge in [-0.3, -0.25) is 14.9 Å². The molecule has 134 valence electrons. The number of carbonyl (C=O) groups is 2. The number of halogens is 2. The van der Waals surface area contributed by atoms with Gasteiger partial charge in [0, 0.05) is 18.8 Å². The predicted octanol–water partition coefficient (Wildman–Crippen LogP) is 2.91. The number of rotatable bonds is 3. The average molecular weight is 383 g/mol. The molecule has 0 radical (unpaired) electrons. The summed E-state index contributed by atoms with van der Waals surface area (Å²) < 4.78 is 0. The van der Waals surface area contributed by atoms with E-state index >= 15 is 0 Å². The Morgan fingerprint density at radius 3 is 2.72 bits per heavy atom. The summed E-state index contributed by atoms with van der Waals surface area (Å²) in [7, 11) is 0. The van der Waals surface area contributed by atoms with Gasteiger partial charge in [-0.1, -0.05) is 30.1 Å². The van der Waals surface area contributed by atoms with Gasteiger partial charge in [0.15, 0.2) is 0 Å². The molecule has 1 atom stereocenters. The SMILES string of the molecule is CC1CCN(C2=N[C@H](CC(=O)Nc3ccc(Cl)c(Cl)c3)C(=O)N2)CC1. The fourth-order valence-corrected chi connectivity index (χ4v) is 3.21. The Balaban J connectivity index is 1.58. The Morgan fingerprint density at radius 1 is 1.32 bits per heavy atom. The maximum Gasteiger partial charge on any atom is 0.252 e. The largest absolute Gasteiger partial charge is 0.343 e.